The van der Waals surface area contributed by atoms with Crippen LogP contribution in [0.5, 0.6) is 11.5 Å². The highest BCUT2D eigenvalue weighted by Crippen LogP contribution is 2.52. The first-order valence-corrected chi connectivity index (χ1v) is 11.0. The van der Waals surface area contributed by atoms with Gasteiger partial charge in [0.25, 0.3) is 0 Å². The summed E-state index contributed by atoms with van der Waals surface area (Å²) in [5, 5.41) is 0. The number of para-hydroxylation sites is 1. The lowest BCUT2D eigenvalue weighted by Crippen LogP contribution is -2.31. The maximum atomic E-state index is 13.4. The Morgan fingerprint density at radius 1 is 1.03 bits per heavy atom. The third-order valence-electron chi connectivity index (χ3n) is 6.87. The van der Waals surface area contributed by atoms with Crippen molar-refractivity contribution in [1.29, 1.82) is 0 Å². The van der Waals surface area contributed by atoms with Crippen molar-refractivity contribution in [2.75, 3.05) is 45.9 Å². The van der Waals surface area contributed by atoms with Crippen LogP contribution in [-0.2, 0) is 11.3 Å². The molecule has 0 spiro atoms. The molecule has 0 bridgehead atoms. The topological polar surface area (TPSA) is 34.2 Å². The van der Waals surface area contributed by atoms with Crippen LogP contribution < -0.4 is 9.47 Å². The molecule has 4 aliphatic rings. The molecule has 1 unspecified atom stereocenters. The first kappa shape index (κ1) is 19.5. The fraction of sp³-hybridized carbons (Fsp3) is 0.727. The van der Waals surface area contributed by atoms with E-state index in [4.69, 9.17) is 9.47 Å². The number of benzene rings is 1. The lowest BCUT2D eigenvalue weighted by molar-refractivity contribution is -0.287. The monoisotopic (exact) mass is 408 g/mol. The Morgan fingerprint density at radius 3 is 2.62 bits per heavy atom. The fourth-order valence-electron chi connectivity index (χ4n) is 5.30. The van der Waals surface area contributed by atoms with Gasteiger partial charge in [-0.25, -0.2) is 0 Å². The molecule has 0 amide bonds. The van der Waals surface area contributed by atoms with Gasteiger partial charge < -0.3 is 19.1 Å². The molecule has 2 saturated heterocycles. The molecular weight excluding hydrogens is 378 g/mol. The van der Waals surface area contributed by atoms with E-state index < -0.39 is 6.29 Å². The Kier molecular flexibility index (Phi) is 5.39. The number of likely N-dealkylation sites (tertiary alicyclic amines) is 2. The van der Waals surface area contributed by atoms with E-state index in [1.807, 2.05) is 6.07 Å². The number of hydrogen-bond donors (Lipinski definition) is 0. The molecule has 3 fully saturated rings. The van der Waals surface area contributed by atoms with Crippen molar-refractivity contribution in [1.82, 2.24) is 9.80 Å². The van der Waals surface area contributed by atoms with E-state index in [9.17, 15) is 8.78 Å². The van der Waals surface area contributed by atoms with Crippen LogP contribution in [0.25, 0.3) is 0 Å². The molecule has 3 heterocycles. The van der Waals surface area contributed by atoms with E-state index in [1.165, 1.54) is 38.4 Å². The van der Waals surface area contributed by atoms with E-state index in [0.29, 0.717) is 24.3 Å². The van der Waals surface area contributed by atoms with Gasteiger partial charge >= 0.3 is 6.29 Å². The first-order chi connectivity index (χ1) is 14.1. The summed E-state index contributed by atoms with van der Waals surface area (Å²) < 4.78 is 41.9. The fourth-order valence-corrected chi connectivity index (χ4v) is 5.30. The Labute approximate surface area is 170 Å². The highest BCUT2D eigenvalue weighted by Gasteiger charge is 2.55. The van der Waals surface area contributed by atoms with Gasteiger partial charge in [-0.1, -0.05) is 18.6 Å². The number of ether oxygens (including phenoxy) is 3. The summed E-state index contributed by atoms with van der Waals surface area (Å²) in [5.74, 6) is 2.37. The zero-order valence-corrected chi connectivity index (χ0v) is 16.8. The predicted octanol–water partition coefficient (Wildman–Crippen LogP) is 3.58. The number of hydrogen-bond acceptors (Lipinski definition) is 5. The van der Waals surface area contributed by atoms with Gasteiger partial charge in [-0.2, -0.15) is 0 Å². The van der Waals surface area contributed by atoms with Crippen LogP contribution in [-0.4, -0.2) is 62.0 Å². The van der Waals surface area contributed by atoms with E-state index >= 15 is 0 Å². The second-order valence-corrected chi connectivity index (χ2v) is 8.93. The van der Waals surface area contributed by atoms with Gasteiger partial charge in [0.15, 0.2) is 11.5 Å². The molecule has 3 aliphatic heterocycles. The van der Waals surface area contributed by atoms with Crippen molar-refractivity contribution in [3.8, 4) is 11.5 Å². The van der Waals surface area contributed by atoms with Crippen LogP contribution in [0.3, 0.4) is 0 Å². The molecule has 29 heavy (non-hydrogen) atoms. The quantitative estimate of drug-likeness (QED) is 0.615. The summed E-state index contributed by atoms with van der Waals surface area (Å²) in [7, 11) is 0. The summed E-state index contributed by atoms with van der Waals surface area (Å²) in [6, 6.07) is 5.12. The molecule has 1 aliphatic carbocycles. The molecule has 5 nitrogen and oxygen atoms in total. The van der Waals surface area contributed by atoms with Gasteiger partial charge in [0.1, 0.15) is 0 Å². The second-order valence-electron chi connectivity index (χ2n) is 8.93. The molecule has 1 aromatic carbocycles. The lowest BCUT2D eigenvalue weighted by atomic mass is 10.1. The average molecular weight is 408 g/mol. The Morgan fingerprint density at radius 2 is 1.83 bits per heavy atom. The van der Waals surface area contributed by atoms with Crippen LogP contribution in [0.1, 0.15) is 31.2 Å². The number of rotatable bonds is 8. The number of fused-ring (bicyclic) bond motifs is 2. The van der Waals surface area contributed by atoms with Crippen molar-refractivity contribution in [3.63, 3.8) is 0 Å². The number of piperidine rings is 2. The highest BCUT2D eigenvalue weighted by molar-refractivity contribution is 5.48. The third-order valence-corrected chi connectivity index (χ3v) is 6.87. The average Bonchev–Trinajstić information content (AvgIpc) is 3.01. The van der Waals surface area contributed by atoms with Gasteiger partial charge in [0, 0.05) is 38.3 Å². The molecule has 3 atom stereocenters. The number of halogens is 2. The molecule has 160 valence electrons. The molecule has 0 radical (unpaired) electrons. The predicted molar refractivity (Wildman–Crippen MR) is 104 cm³/mol. The van der Waals surface area contributed by atoms with E-state index in [1.54, 1.807) is 6.07 Å². The van der Waals surface area contributed by atoms with Crippen LogP contribution in [0, 0.1) is 17.8 Å². The maximum absolute atomic E-state index is 13.4. The van der Waals surface area contributed by atoms with E-state index in [-0.39, 0.29) is 11.5 Å². The minimum atomic E-state index is -3.55. The van der Waals surface area contributed by atoms with Gasteiger partial charge in [-0.15, -0.1) is 8.78 Å². The lowest BCUT2D eigenvalue weighted by Gasteiger charge is -2.26. The van der Waals surface area contributed by atoms with Crippen LogP contribution >= 0.6 is 0 Å². The van der Waals surface area contributed by atoms with Gasteiger partial charge in [0.05, 0.1) is 6.61 Å². The second kappa shape index (κ2) is 8.00. The van der Waals surface area contributed by atoms with Gasteiger partial charge in [0.2, 0.25) is 0 Å². The molecule has 7 heteroatoms. The van der Waals surface area contributed by atoms with E-state index in [0.717, 1.165) is 44.8 Å². The third kappa shape index (κ3) is 4.37. The zero-order valence-electron chi connectivity index (χ0n) is 16.8. The summed E-state index contributed by atoms with van der Waals surface area (Å²) in [5.41, 5.74) is 0.770. The minimum absolute atomic E-state index is 0.132. The van der Waals surface area contributed by atoms with Crippen molar-refractivity contribution >= 4 is 0 Å². The molecule has 0 N–H and O–H groups in total. The van der Waals surface area contributed by atoms with Crippen molar-refractivity contribution < 1.29 is 23.0 Å². The van der Waals surface area contributed by atoms with Gasteiger partial charge in [-0.3, -0.25) is 4.90 Å². The Bertz CT molecular complexity index is 714. The van der Waals surface area contributed by atoms with Gasteiger partial charge in [-0.05, 0) is 56.2 Å². The molecule has 5 rings (SSSR count). The standard InChI is InChI=1S/C22H30F2N2O3/c23-22(24)28-20-7-4-6-16(21(20)29-22)12-26-13-17-18(14-26)19(17)15-27-11-5-10-25-8-2-1-3-9-25/h4,6-7,17-19H,1-3,5,8-15H2/t17-,18+,19?. The van der Waals surface area contributed by atoms with Crippen LogP contribution in [0.2, 0.25) is 0 Å². The van der Waals surface area contributed by atoms with Crippen molar-refractivity contribution in [3.05, 3.63) is 23.8 Å². The summed E-state index contributed by atoms with van der Waals surface area (Å²) in [6.45, 7) is 8.03. The first-order valence-electron chi connectivity index (χ1n) is 11.0. The van der Waals surface area contributed by atoms with Crippen molar-refractivity contribution in [2.24, 2.45) is 17.8 Å². The summed E-state index contributed by atoms with van der Waals surface area (Å²) in [6.07, 6.45) is 1.64. The molecule has 1 aromatic rings. The van der Waals surface area contributed by atoms with Crippen molar-refractivity contribution in [2.45, 2.75) is 38.5 Å². The highest BCUT2D eigenvalue weighted by atomic mass is 19.3. The van der Waals surface area contributed by atoms with E-state index in [2.05, 4.69) is 14.5 Å². The Hall–Kier alpha value is -1.44. The maximum Gasteiger partial charge on any atom is 0.586 e. The zero-order chi connectivity index (χ0) is 19.8. The molecule has 1 saturated carbocycles. The normalized spacial score (nSPS) is 30.5. The van der Waals surface area contributed by atoms with Crippen LogP contribution in [0.15, 0.2) is 18.2 Å². The molecule has 0 aromatic heterocycles. The smallest absolute Gasteiger partial charge is 0.395 e. The largest absolute Gasteiger partial charge is 0.586 e. The molecular formula is C22H30F2N2O3. The minimum Gasteiger partial charge on any atom is -0.395 e. The van der Waals surface area contributed by atoms with Crippen LogP contribution in [0.4, 0.5) is 8.78 Å². The summed E-state index contributed by atoms with van der Waals surface area (Å²) >= 11 is 0. The SMILES string of the molecule is FC1(F)Oc2cccc(CN3C[C@@H]4C(COCCCN5CCCCC5)[C@@H]4C3)c2O1. The summed E-state index contributed by atoms with van der Waals surface area (Å²) in [4.78, 5) is 4.89. The Balaban J connectivity index is 1.01. The number of nitrogens with zero attached hydrogens (tertiary/aromatic N) is 2. The number of alkyl halides is 2.